The summed E-state index contributed by atoms with van der Waals surface area (Å²) in [5, 5.41) is 3.43. The van der Waals surface area contributed by atoms with Gasteiger partial charge in [0.2, 0.25) is 0 Å². The van der Waals surface area contributed by atoms with Crippen LogP contribution in [0.15, 0.2) is 16.6 Å². The van der Waals surface area contributed by atoms with Crippen LogP contribution >= 0.6 is 27.7 Å². The average Bonchev–Trinajstić information content (AvgIpc) is 2.39. The molecule has 0 unspecified atom stereocenters. The molecule has 1 aliphatic rings. The molecular formula is C13H18BrNO2S. The number of benzene rings is 1. The first-order chi connectivity index (χ1) is 8.81. The van der Waals surface area contributed by atoms with Crippen molar-refractivity contribution in [1.82, 2.24) is 0 Å². The first-order valence-electron chi connectivity index (χ1n) is 6.13. The highest BCUT2D eigenvalue weighted by molar-refractivity contribution is 9.10. The van der Waals surface area contributed by atoms with Crippen LogP contribution in [0.3, 0.4) is 0 Å². The minimum atomic E-state index is 0.626. The van der Waals surface area contributed by atoms with Crippen molar-refractivity contribution < 1.29 is 9.47 Å². The number of fused-ring (bicyclic) bond motifs is 1. The van der Waals surface area contributed by atoms with Crippen molar-refractivity contribution in [2.75, 3.05) is 37.1 Å². The molecule has 1 heterocycles. The topological polar surface area (TPSA) is 30.5 Å². The Balaban J connectivity index is 1.91. The molecule has 0 bridgehead atoms. The molecule has 1 aromatic rings. The molecule has 5 heteroatoms. The zero-order valence-corrected chi connectivity index (χ0v) is 12.9. The summed E-state index contributed by atoms with van der Waals surface area (Å²) < 4.78 is 12.1. The van der Waals surface area contributed by atoms with E-state index in [1.807, 2.05) is 23.9 Å². The molecular weight excluding hydrogens is 314 g/mol. The highest BCUT2D eigenvalue weighted by Gasteiger charge is 2.14. The van der Waals surface area contributed by atoms with E-state index < -0.39 is 0 Å². The van der Waals surface area contributed by atoms with Crippen LogP contribution in [0.5, 0.6) is 11.5 Å². The van der Waals surface area contributed by atoms with Crippen molar-refractivity contribution in [3.05, 3.63) is 16.6 Å². The zero-order valence-electron chi connectivity index (χ0n) is 10.5. The van der Waals surface area contributed by atoms with Gasteiger partial charge in [-0.25, -0.2) is 0 Å². The summed E-state index contributed by atoms with van der Waals surface area (Å²) >= 11 is 5.45. The second-order valence-corrected chi connectivity index (χ2v) is 5.94. The second-order valence-electron chi connectivity index (χ2n) is 4.10. The maximum Gasteiger partial charge on any atom is 0.163 e. The fourth-order valence-corrected chi connectivity index (χ4v) is 2.75. The third kappa shape index (κ3) is 3.72. The first-order valence-corrected chi connectivity index (χ1v) is 8.32. The molecule has 0 fully saturated rings. The molecule has 0 aliphatic carbocycles. The summed E-state index contributed by atoms with van der Waals surface area (Å²) in [5.41, 5.74) is 1.07. The van der Waals surface area contributed by atoms with Gasteiger partial charge in [0.25, 0.3) is 0 Å². The van der Waals surface area contributed by atoms with E-state index in [2.05, 4.69) is 27.5 Å². The Morgan fingerprint density at radius 2 is 1.94 bits per heavy atom. The molecule has 0 saturated carbocycles. The van der Waals surface area contributed by atoms with E-state index in [9.17, 15) is 0 Å². The predicted octanol–water partition coefficient (Wildman–Crippen LogP) is 3.78. The zero-order chi connectivity index (χ0) is 12.8. The predicted molar refractivity (Wildman–Crippen MR) is 81.2 cm³/mol. The Labute approximate surface area is 121 Å². The Bertz CT molecular complexity index is 401. The minimum Gasteiger partial charge on any atom is -0.486 e. The van der Waals surface area contributed by atoms with Gasteiger partial charge >= 0.3 is 0 Å². The summed E-state index contributed by atoms with van der Waals surface area (Å²) in [6.45, 7) is 2.24. The van der Waals surface area contributed by atoms with Crippen molar-refractivity contribution in [2.45, 2.75) is 12.8 Å². The van der Waals surface area contributed by atoms with E-state index >= 15 is 0 Å². The lowest BCUT2D eigenvalue weighted by atomic mass is 10.2. The standard InChI is InChI=1S/C13H18BrNO2S/c1-18-7-3-2-4-15-11-9-13-12(8-10(11)14)16-5-6-17-13/h8-9,15H,2-7H2,1H3. The van der Waals surface area contributed by atoms with Gasteiger partial charge < -0.3 is 14.8 Å². The Hall–Kier alpha value is -0.550. The highest BCUT2D eigenvalue weighted by atomic mass is 79.9. The van der Waals surface area contributed by atoms with Crippen LogP contribution in [0.25, 0.3) is 0 Å². The normalized spacial score (nSPS) is 13.4. The van der Waals surface area contributed by atoms with Gasteiger partial charge in [-0.05, 0) is 40.8 Å². The number of hydrogen-bond donors (Lipinski definition) is 1. The molecule has 18 heavy (non-hydrogen) atoms. The van der Waals surface area contributed by atoms with Gasteiger partial charge in [-0.2, -0.15) is 11.8 Å². The highest BCUT2D eigenvalue weighted by Crippen LogP contribution is 2.38. The molecule has 0 amide bonds. The van der Waals surface area contributed by atoms with Gasteiger partial charge in [-0.3, -0.25) is 0 Å². The van der Waals surface area contributed by atoms with Crippen LogP contribution in [-0.2, 0) is 0 Å². The number of thioether (sulfide) groups is 1. The number of anilines is 1. The lowest BCUT2D eigenvalue weighted by Gasteiger charge is -2.20. The van der Waals surface area contributed by atoms with Gasteiger partial charge in [-0.1, -0.05) is 0 Å². The van der Waals surface area contributed by atoms with Crippen LogP contribution in [-0.4, -0.2) is 31.8 Å². The van der Waals surface area contributed by atoms with Gasteiger partial charge in [-0.15, -0.1) is 0 Å². The van der Waals surface area contributed by atoms with E-state index in [0.717, 1.165) is 28.2 Å². The quantitative estimate of drug-likeness (QED) is 0.803. The number of hydrogen-bond acceptors (Lipinski definition) is 4. The number of ether oxygens (including phenoxy) is 2. The Kier molecular flexibility index (Phi) is 5.50. The maximum absolute atomic E-state index is 5.57. The molecule has 100 valence electrons. The van der Waals surface area contributed by atoms with Crippen LogP contribution in [0.1, 0.15) is 12.8 Å². The van der Waals surface area contributed by atoms with Gasteiger partial charge in [0.05, 0.1) is 5.69 Å². The number of halogens is 1. The van der Waals surface area contributed by atoms with Crippen molar-refractivity contribution in [1.29, 1.82) is 0 Å². The molecule has 1 N–H and O–H groups in total. The Morgan fingerprint density at radius 3 is 2.67 bits per heavy atom. The molecule has 2 rings (SSSR count). The van der Waals surface area contributed by atoms with Crippen LogP contribution in [0.4, 0.5) is 5.69 Å². The third-order valence-electron chi connectivity index (χ3n) is 2.72. The molecule has 0 radical (unpaired) electrons. The van der Waals surface area contributed by atoms with Crippen molar-refractivity contribution in [2.24, 2.45) is 0 Å². The summed E-state index contributed by atoms with van der Waals surface area (Å²) in [4.78, 5) is 0. The molecule has 0 spiro atoms. The van der Waals surface area contributed by atoms with E-state index in [1.165, 1.54) is 18.6 Å². The molecule has 1 aromatic carbocycles. The van der Waals surface area contributed by atoms with Gasteiger partial charge in [0, 0.05) is 23.2 Å². The third-order valence-corrected chi connectivity index (χ3v) is 4.08. The van der Waals surface area contributed by atoms with E-state index in [-0.39, 0.29) is 0 Å². The lowest BCUT2D eigenvalue weighted by molar-refractivity contribution is 0.171. The second kappa shape index (κ2) is 7.14. The molecule has 0 saturated heterocycles. The molecule has 3 nitrogen and oxygen atoms in total. The largest absolute Gasteiger partial charge is 0.486 e. The smallest absolute Gasteiger partial charge is 0.163 e. The number of unbranched alkanes of at least 4 members (excludes halogenated alkanes) is 1. The maximum atomic E-state index is 5.57. The summed E-state index contributed by atoms with van der Waals surface area (Å²) in [6, 6.07) is 3.98. The van der Waals surface area contributed by atoms with E-state index in [0.29, 0.717) is 13.2 Å². The number of rotatable bonds is 6. The Morgan fingerprint density at radius 1 is 1.22 bits per heavy atom. The van der Waals surface area contributed by atoms with Crippen LogP contribution in [0, 0.1) is 0 Å². The first kappa shape index (κ1) is 13.9. The monoisotopic (exact) mass is 331 g/mol. The van der Waals surface area contributed by atoms with Gasteiger partial charge in [0.15, 0.2) is 11.5 Å². The van der Waals surface area contributed by atoms with E-state index in [4.69, 9.17) is 9.47 Å². The molecule has 0 aromatic heterocycles. The SMILES string of the molecule is CSCCCCNc1cc2c(cc1Br)OCCO2. The van der Waals surface area contributed by atoms with Crippen LogP contribution < -0.4 is 14.8 Å². The average molecular weight is 332 g/mol. The molecule has 0 atom stereocenters. The molecule has 1 aliphatic heterocycles. The summed E-state index contributed by atoms with van der Waals surface area (Å²) in [6.07, 6.45) is 4.57. The van der Waals surface area contributed by atoms with E-state index in [1.54, 1.807) is 0 Å². The number of nitrogens with one attached hydrogen (secondary N) is 1. The summed E-state index contributed by atoms with van der Waals surface area (Å²) in [5.74, 6) is 2.88. The van der Waals surface area contributed by atoms with Gasteiger partial charge in [0.1, 0.15) is 13.2 Å². The lowest BCUT2D eigenvalue weighted by Crippen LogP contribution is -2.15. The fraction of sp³-hybridized carbons (Fsp3) is 0.538. The fourth-order valence-electron chi connectivity index (χ4n) is 1.79. The van der Waals surface area contributed by atoms with Crippen molar-refractivity contribution in [3.63, 3.8) is 0 Å². The minimum absolute atomic E-state index is 0.626. The van der Waals surface area contributed by atoms with Crippen molar-refractivity contribution >= 4 is 33.4 Å². The summed E-state index contributed by atoms with van der Waals surface area (Å²) in [7, 11) is 0. The van der Waals surface area contributed by atoms with Crippen LogP contribution in [0.2, 0.25) is 0 Å². The van der Waals surface area contributed by atoms with Crippen molar-refractivity contribution in [3.8, 4) is 11.5 Å².